The van der Waals surface area contributed by atoms with Crippen molar-refractivity contribution in [2.24, 2.45) is 5.92 Å². The van der Waals surface area contributed by atoms with Gasteiger partial charge in [-0.2, -0.15) is 0 Å². The van der Waals surface area contributed by atoms with Gasteiger partial charge in [0.15, 0.2) is 0 Å². The first-order chi connectivity index (χ1) is 15.1. The van der Waals surface area contributed by atoms with Gasteiger partial charge in [0.1, 0.15) is 0 Å². The molecule has 3 aliphatic heterocycles. The van der Waals surface area contributed by atoms with E-state index in [4.69, 9.17) is 4.74 Å². The average Bonchev–Trinajstić information content (AvgIpc) is 3.20. The SMILES string of the molecule is CCc1ccccc1N1CC(C(=O)N2CCN(C(=O)CN3CCOCC3)CC2)CC1=O. The fourth-order valence-electron chi connectivity index (χ4n) is 4.66. The minimum Gasteiger partial charge on any atom is -0.379 e. The van der Waals surface area contributed by atoms with E-state index in [1.54, 1.807) is 4.90 Å². The summed E-state index contributed by atoms with van der Waals surface area (Å²) in [6.07, 6.45) is 1.10. The zero-order valence-electron chi connectivity index (χ0n) is 18.3. The lowest BCUT2D eigenvalue weighted by Gasteiger charge is -2.37. The van der Waals surface area contributed by atoms with Crippen LogP contribution in [0.4, 0.5) is 5.69 Å². The van der Waals surface area contributed by atoms with E-state index >= 15 is 0 Å². The van der Waals surface area contributed by atoms with E-state index in [1.165, 1.54) is 0 Å². The van der Waals surface area contributed by atoms with E-state index in [0.717, 1.165) is 30.8 Å². The zero-order valence-corrected chi connectivity index (χ0v) is 18.3. The summed E-state index contributed by atoms with van der Waals surface area (Å²) < 4.78 is 5.33. The molecule has 1 unspecified atom stereocenters. The van der Waals surface area contributed by atoms with Crippen LogP contribution in [0.25, 0.3) is 0 Å². The molecule has 1 atom stereocenters. The van der Waals surface area contributed by atoms with E-state index in [0.29, 0.717) is 52.5 Å². The Balaban J connectivity index is 1.30. The summed E-state index contributed by atoms with van der Waals surface area (Å²) in [4.78, 5) is 45.9. The molecule has 0 saturated carbocycles. The Bertz CT molecular complexity index is 816. The Hall–Kier alpha value is -2.45. The zero-order chi connectivity index (χ0) is 21.8. The number of piperazine rings is 1. The van der Waals surface area contributed by atoms with Gasteiger partial charge >= 0.3 is 0 Å². The molecule has 1 aromatic rings. The van der Waals surface area contributed by atoms with E-state index in [-0.39, 0.29) is 30.1 Å². The van der Waals surface area contributed by atoms with Gasteiger partial charge in [-0.25, -0.2) is 0 Å². The molecular weight excluding hydrogens is 396 g/mol. The second kappa shape index (κ2) is 9.78. The van der Waals surface area contributed by atoms with Crippen molar-refractivity contribution in [2.75, 3.05) is 70.5 Å². The molecular formula is C23H32N4O4. The summed E-state index contributed by atoms with van der Waals surface area (Å²) in [5.74, 6) is -0.149. The summed E-state index contributed by atoms with van der Waals surface area (Å²) in [6, 6.07) is 7.91. The number of morpholine rings is 1. The molecule has 0 bridgehead atoms. The van der Waals surface area contributed by atoms with E-state index in [9.17, 15) is 14.4 Å². The first-order valence-electron chi connectivity index (χ1n) is 11.3. The standard InChI is InChI=1S/C23H32N4O4/c1-2-18-5-3-4-6-20(18)27-16-19(15-21(27)28)23(30)26-9-7-25(8-10-26)22(29)17-24-11-13-31-14-12-24/h3-6,19H,2,7-17H2,1H3. The maximum atomic E-state index is 13.1. The normalized spacial score (nSPS) is 22.8. The molecule has 3 heterocycles. The third kappa shape index (κ3) is 4.91. The number of aryl methyl sites for hydroxylation is 1. The van der Waals surface area contributed by atoms with E-state index in [1.807, 2.05) is 34.1 Å². The van der Waals surface area contributed by atoms with Gasteiger partial charge in [-0.1, -0.05) is 25.1 Å². The Morgan fingerprint density at radius 1 is 1.00 bits per heavy atom. The number of nitrogens with zero attached hydrogens (tertiary/aromatic N) is 4. The highest BCUT2D eigenvalue weighted by atomic mass is 16.5. The highest BCUT2D eigenvalue weighted by molar-refractivity contribution is 6.00. The molecule has 168 valence electrons. The number of benzene rings is 1. The predicted molar refractivity (Wildman–Crippen MR) is 117 cm³/mol. The van der Waals surface area contributed by atoms with Gasteiger partial charge in [-0.05, 0) is 18.1 Å². The first-order valence-corrected chi connectivity index (χ1v) is 11.3. The van der Waals surface area contributed by atoms with Crippen LogP contribution in [0.3, 0.4) is 0 Å². The number of rotatable bonds is 5. The molecule has 31 heavy (non-hydrogen) atoms. The monoisotopic (exact) mass is 428 g/mol. The Morgan fingerprint density at radius 3 is 2.39 bits per heavy atom. The van der Waals surface area contributed by atoms with Gasteiger partial charge < -0.3 is 19.4 Å². The van der Waals surface area contributed by atoms with E-state index in [2.05, 4.69) is 11.8 Å². The third-order valence-corrected chi connectivity index (χ3v) is 6.54. The molecule has 3 saturated heterocycles. The van der Waals surface area contributed by atoms with Crippen LogP contribution in [0, 0.1) is 5.92 Å². The van der Waals surface area contributed by atoms with Crippen molar-refractivity contribution in [3.63, 3.8) is 0 Å². The largest absolute Gasteiger partial charge is 0.379 e. The highest BCUT2D eigenvalue weighted by Gasteiger charge is 2.38. The molecule has 0 radical (unpaired) electrons. The molecule has 3 amide bonds. The van der Waals surface area contributed by atoms with Crippen molar-refractivity contribution in [3.05, 3.63) is 29.8 Å². The number of para-hydroxylation sites is 1. The number of anilines is 1. The van der Waals surface area contributed by atoms with Gasteiger partial charge in [0.25, 0.3) is 0 Å². The molecule has 0 aliphatic carbocycles. The second-order valence-electron chi connectivity index (χ2n) is 8.48. The van der Waals surface area contributed by atoms with Crippen LogP contribution in [-0.2, 0) is 25.5 Å². The lowest BCUT2D eigenvalue weighted by atomic mass is 10.1. The summed E-state index contributed by atoms with van der Waals surface area (Å²) in [5, 5.41) is 0. The number of carbonyl (C=O) groups is 3. The number of ether oxygens (including phenoxy) is 1. The van der Waals surface area contributed by atoms with Gasteiger partial charge in [-0.3, -0.25) is 19.3 Å². The van der Waals surface area contributed by atoms with Crippen LogP contribution in [0.5, 0.6) is 0 Å². The van der Waals surface area contributed by atoms with Crippen molar-refractivity contribution >= 4 is 23.4 Å². The van der Waals surface area contributed by atoms with Gasteiger partial charge in [0.05, 0.1) is 25.7 Å². The summed E-state index contributed by atoms with van der Waals surface area (Å²) in [5.41, 5.74) is 2.04. The summed E-state index contributed by atoms with van der Waals surface area (Å²) in [7, 11) is 0. The smallest absolute Gasteiger partial charge is 0.236 e. The number of hydrogen-bond donors (Lipinski definition) is 0. The Kier molecular flexibility index (Phi) is 6.87. The molecule has 3 aliphatic rings. The summed E-state index contributed by atoms with van der Waals surface area (Å²) in [6.45, 7) is 8.02. The Labute approximate surface area is 183 Å². The number of hydrogen-bond acceptors (Lipinski definition) is 5. The Morgan fingerprint density at radius 2 is 1.68 bits per heavy atom. The minimum absolute atomic E-state index is 0.0126. The van der Waals surface area contributed by atoms with Crippen LogP contribution < -0.4 is 4.90 Å². The van der Waals surface area contributed by atoms with Gasteiger partial charge in [0, 0.05) is 57.9 Å². The molecule has 0 N–H and O–H groups in total. The summed E-state index contributed by atoms with van der Waals surface area (Å²) >= 11 is 0. The maximum Gasteiger partial charge on any atom is 0.236 e. The van der Waals surface area contributed by atoms with Crippen LogP contribution >= 0.6 is 0 Å². The van der Waals surface area contributed by atoms with Crippen LogP contribution in [0.2, 0.25) is 0 Å². The third-order valence-electron chi connectivity index (χ3n) is 6.54. The average molecular weight is 429 g/mol. The van der Waals surface area contributed by atoms with Crippen molar-refractivity contribution in [1.82, 2.24) is 14.7 Å². The molecule has 8 heteroatoms. The topological polar surface area (TPSA) is 73.4 Å². The number of carbonyl (C=O) groups excluding carboxylic acids is 3. The van der Waals surface area contributed by atoms with Crippen LogP contribution in [0.1, 0.15) is 18.9 Å². The minimum atomic E-state index is -0.312. The fourth-order valence-corrected chi connectivity index (χ4v) is 4.66. The highest BCUT2D eigenvalue weighted by Crippen LogP contribution is 2.29. The lowest BCUT2D eigenvalue weighted by Crippen LogP contribution is -2.54. The van der Waals surface area contributed by atoms with Crippen molar-refractivity contribution in [1.29, 1.82) is 0 Å². The number of amides is 3. The first kappa shape index (κ1) is 21.8. The quantitative estimate of drug-likeness (QED) is 0.687. The van der Waals surface area contributed by atoms with Crippen molar-refractivity contribution < 1.29 is 19.1 Å². The maximum absolute atomic E-state index is 13.1. The second-order valence-corrected chi connectivity index (χ2v) is 8.48. The predicted octanol–water partition coefficient (Wildman–Crippen LogP) is 0.605. The van der Waals surface area contributed by atoms with Crippen LogP contribution in [-0.4, -0.2) is 98.0 Å². The molecule has 4 rings (SSSR count). The van der Waals surface area contributed by atoms with E-state index < -0.39 is 0 Å². The van der Waals surface area contributed by atoms with Gasteiger partial charge in [0.2, 0.25) is 17.7 Å². The lowest BCUT2D eigenvalue weighted by molar-refractivity contribution is -0.142. The molecule has 0 aromatic heterocycles. The van der Waals surface area contributed by atoms with Crippen molar-refractivity contribution in [2.45, 2.75) is 19.8 Å². The molecule has 0 spiro atoms. The van der Waals surface area contributed by atoms with Crippen molar-refractivity contribution in [3.8, 4) is 0 Å². The van der Waals surface area contributed by atoms with Crippen LogP contribution in [0.15, 0.2) is 24.3 Å². The van der Waals surface area contributed by atoms with Gasteiger partial charge in [-0.15, -0.1) is 0 Å². The molecule has 1 aromatic carbocycles. The molecule has 3 fully saturated rings. The fraction of sp³-hybridized carbons (Fsp3) is 0.609. The molecule has 8 nitrogen and oxygen atoms in total.